The summed E-state index contributed by atoms with van der Waals surface area (Å²) < 4.78 is 5.71. The normalized spacial score (nSPS) is 20.9. The van der Waals surface area contributed by atoms with E-state index in [2.05, 4.69) is 51.7 Å². The summed E-state index contributed by atoms with van der Waals surface area (Å²) in [5, 5.41) is 7.83. The lowest BCUT2D eigenvalue weighted by molar-refractivity contribution is 0.260. The lowest BCUT2D eigenvalue weighted by atomic mass is 9.82. The quantitative estimate of drug-likeness (QED) is 0.433. The number of anilines is 1. The van der Waals surface area contributed by atoms with Crippen LogP contribution in [0.1, 0.15) is 6.42 Å². The summed E-state index contributed by atoms with van der Waals surface area (Å²) in [6, 6.07) is 9.82. The summed E-state index contributed by atoms with van der Waals surface area (Å²) in [5.74, 6) is 1.19. The van der Waals surface area contributed by atoms with Crippen molar-refractivity contribution < 1.29 is 4.74 Å². The third kappa shape index (κ3) is 4.25. The molecule has 2 unspecified atom stereocenters. The fourth-order valence-corrected chi connectivity index (χ4v) is 4.07. The van der Waals surface area contributed by atoms with E-state index in [4.69, 9.17) is 15.5 Å². The zero-order valence-electron chi connectivity index (χ0n) is 19.0. The molecule has 32 heavy (non-hydrogen) atoms. The Balaban J connectivity index is 1.61. The zero-order chi connectivity index (χ0) is 22.7. The van der Waals surface area contributed by atoms with Crippen LogP contribution in [0.3, 0.4) is 0 Å². The molecule has 0 spiro atoms. The van der Waals surface area contributed by atoms with Gasteiger partial charge in [0.25, 0.3) is 0 Å². The molecule has 1 aliphatic rings. The van der Waals surface area contributed by atoms with E-state index in [9.17, 15) is 0 Å². The molecule has 2 heterocycles. The maximum Gasteiger partial charge on any atom is 0.227 e. The first-order valence-corrected chi connectivity index (χ1v) is 10.7. The maximum absolute atomic E-state index is 6.60. The van der Waals surface area contributed by atoms with Gasteiger partial charge in [-0.1, -0.05) is 18.2 Å². The van der Waals surface area contributed by atoms with Gasteiger partial charge in [-0.2, -0.15) is 0 Å². The van der Waals surface area contributed by atoms with Gasteiger partial charge in [0.05, 0.1) is 24.0 Å². The van der Waals surface area contributed by atoms with Gasteiger partial charge in [-0.15, -0.1) is 0 Å². The van der Waals surface area contributed by atoms with Crippen LogP contribution in [0.5, 0.6) is 0 Å². The predicted molar refractivity (Wildman–Crippen MR) is 129 cm³/mol. The molecule has 0 radical (unpaired) electrons. The fraction of sp³-hybridized carbons (Fsp3) is 0.333. The fourth-order valence-electron chi connectivity index (χ4n) is 4.07. The molecule has 0 fully saturated rings. The molecule has 2 aromatic heterocycles. The first-order chi connectivity index (χ1) is 15.5. The standard InChI is InChI=1S/C24H31N7O/c1-26-24(10-12-31(2)3)14-21(32-4)20(13-22(24)25)30-23-27-11-9-19(29-23)17-15-28-18-8-6-5-7-16(17)18/h5-9,11,13-15,22,26,28H,10,12,25H2,1-4H3,(H,27,29,30). The molecule has 1 aromatic carbocycles. The number of nitrogens with one attached hydrogen (secondary N) is 3. The van der Waals surface area contributed by atoms with Crippen LogP contribution in [0.4, 0.5) is 5.95 Å². The Kier molecular flexibility index (Phi) is 6.27. The third-order valence-corrected chi connectivity index (χ3v) is 6.02. The molecule has 0 aliphatic heterocycles. The number of benzene rings is 1. The van der Waals surface area contributed by atoms with E-state index in [0.717, 1.165) is 40.8 Å². The van der Waals surface area contributed by atoms with Gasteiger partial charge in [0.1, 0.15) is 5.76 Å². The molecular formula is C24H31N7O. The highest BCUT2D eigenvalue weighted by atomic mass is 16.5. The molecule has 4 rings (SSSR count). The number of aromatic nitrogens is 3. The molecule has 3 aromatic rings. The largest absolute Gasteiger partial charge is 0.495 e. The number of rotatable bonds is 8. The Morgan fingerprint density at radius 2 is 2.06 bits per heavy atom. The highest BCUT2D eigenvalue weighted by Gasteiger charge is 2.37. The number of aromatic amines is 1. The molecule has 1 aliphatic carbocycles. The molecule has 0 saturated heterocycles. The van der Waals surface area contributed by atoms with Crippen LogP contribution >= 0.6 is 0 Å². The van der Waals surface area contributed by atoms with Crippen molar-refractivity contribution in [1.29, 1.82) is 0 Å². The van der Waals surface area contributed by atoms with Crippen LogP contribution in [0.25, 0.3) is 22.2 Å². The topological polar surface area (TPSA) is 104 Å². The average molecular weight is 434 g/mol. The van der Waals surface area contributed by atoms with E-state index >= 15 is 0 Å². The van der Waals surface area contributed by atoms with E-state index in [-0.39, 0.29) is 6.04 Å². The van der Waals surface area contributed by atoms with Crippen molar-refractivity contribution >= 4 is 16.9 Å². The van der Waals surface area contributed by atoms with Crippen LogP contribution in [0, 0.1) is 0 Å². The molecule has 0 bridgehead atoms. The SMILES string of the molecule is CNC1(CCN(C)C)C=C(OC)C(Nc2nccc(-c3c[nH]c4ccccc34)n2)=CC1N. The summed E-state index contributed by atoms with van der Waals surface area (Å²) in [6.07, 6.45) is 8.61. The molecule has 0 amide bonds. The summed E-state index contributed by atoms with van der Waals surface area (Å²) in [6.45, 7) is 0.897. The number of ether oxygens (including phenoxy) is 1. The lowest BCUT2D eigenvalue weighted by Gasteiger charge is -2.39. The van der Waals surface area contributed by atoms with Gasteiger partial charge in [-0.3, -0.25) is 0 Å². The number of para-hydroxylation sites is 1. The van der Waals surface area contributed by atoms with Gasteiger partial charge in [-0.05, 0) is 58.4 Å². The van der Waals surface area contributed by atoms with Crippen molar-refractivity contribution in [1.82, 2.24) is 25.2 Å². The smallest absolute Gasteiger partial charge is 0.227 e. The Morgan fingerprint density at radius 1 is 1.25 bits per heavy atom. The number of H-pyrrole nitrogens is 1. The molecular weight excluding hydrogens is 402 g/mol. The number of nitrogens with two attached hydrogens (primary N) is 1. The van der Waals surface area contributed by atoms with Crippen molar-refractivity contribution in [2.75, 3.05) is 40.1 Å². The molecule has 5 N–H and O–H groups in total. The Hall–Kier alpha value is -3.20. The van der Waals surface area contributed by atoms with Crippen LogP contribution in [0.15, 0.2) is 66.3 Å². The molecule has 2 atom stereocenters. The predicted octanol–water partition coefficient (Wildman–Crippen LogP) is 2.70. The highest BCUT2D eigenvalue weighted by molar-refractivity contribution is 5.94. The van der Waals surface area contributed by atoms with E-state index in [1.165, 1.54) is 0 Å². The highest BCUT2D eigenvalue weighted by Crippen LogP contribution is 2.31. The van der Waals surface area contributed by atoms with E-state index in [1.54, 1.807) is 13.3 Å². The summed E-state index contributed by atoms with van der Waals surface area (Å²) in [5.41, 5.74) is 9.89. The number of methoxy groups -OCH3 is 1. The summed E-state index contributed by atoms with van der Waals surface area (Å²) in [4.78, 5) is 14.6. The molecule has 0 saturated carbocycles. The van der Waals surface area contributed by atoms with Gasteiger partial charge in [0.15, 0.2) is 0 Å². The first-order valence-electron chi connectivity index (χ1n) is 10.7. The number of likely N-dealkylation sites (N-methyl/N-ethyl adjacent to an activating group) is 1. The minimum Gasteiger partial charge on any atom is -0.495 e. The minimum absolute atomic E-state index is 0.245. The second kappa shape index (κ2) is 9.12. The average Bonchev–Trinajstić information content (AvgIpc) is 3.23. The third-order valence-electron chi connectivity index (χ3n) is 6.02. The van der Waals surface area contributed by atoms with E-state index < -0.39 is 5.54 Å². The van der Waals surface area contributed by atoms with E-state index in [1.807, 2.05) is 43.6 Å². The maximum atomic E-state index is 6.60. The summed E-state index contributed by atoms with van der Waals surface area (Å²) in [7, 11) is 7.70. The lowest BCUT2D eigenvalue weighted by Crippen LogP contribution is -2.57. The Morgan fingerprint density at radius 3 is 2.81 bits per heavy atom. The van der Waals surface area contributed by atoms with Crippen molar-refractivity contribution in [2.24, 2.45) is 5.73 Å². The summed E-state index contributed by atoms with van der Waals surface area (Å²) >= 11 is 0. The molecule has 8 heteroatoms. The van der Waals surface area contributed by atoms with Gasteiger partial charge < -0.3 is 31.0 Å². The van der Waals surface area contributed by atoms with Gasteiger partial charge in [-0.25, -0.2) is 9.97 Å². The van der Waals surface area contributed by atoms with Crippen molar-refractivity contribution in [2.45, 2.75) is 18.0 Å². The van der Waals surface area contributed by atoms with E-state index in [0.29, 0.717) is 11.7 Å². The monoisotopic (exact) mass is 433 g/mol. The second-order valence-electron chi connectivity index (χ2n) is 8.30. The van der Waals surface area contributed by atoms with Crippen LogP contribution in [-0.4, -0.2) is 66.2 Å². The van der Waals surface area contributed by atoms with Crippen molar-refractivity contribution in [3.63, 3.8) is 0 Å². The number of hydrogen-bond acceptors (Lipinski definition) is 7. The van der Waals surface area contributed by atoms with Crippen LogP contribution in [-0.2, 0) is 4.74 Å². The van der Waals surface area contributed by atoms with Gasteiger partial charge >= 0.3 is 0 Å². The van der Waals surface area contributed by atoms with Gasteiger partial charge in [0.2, 0.25) is 5.95 Å². The number of fused-ring (bicyclic) bond motifs is 1. The number of nitrogens with zero attached hydrogens (tertiary/aromatic N) is 3. The van der Waals surface area contributed by atoms with Crippen LogP contribution in [0.2, 0.25) is 0 Å². The molecule has 8 nitrogen and oxygen atoms in total. The minimum atomic E-state index is -0.395. The Labute approximate surface area is 188 Å². The second-order valence-corrected chi connectivity index (χ2v) is 8.30. The Bertz CT molecular complexity index is 1150. The van der Waals surface area contributed by atoms with Crippen LogP contribution < -0.4 is 16.4 Å². The van der Waals surface area contributed by atoms with Gasteiger partial charge in [0, 0.05) is 34.9 Å². The zero-order valence-corrected chi connectivity index (χ0v) is 19.0. The van der Waals surface area contributed by atoms with Crippen molar-refractivity contribution in [3.05, 3.63) is 66.3 Å². The molecule has 168 valence electrons. The number of hydrogen-bond donors (Lipinski definition) is 4. The van der Waals surface area contributed by atoms with Crippen molar-refractivity contribution in [3.8, 4) is 11.3 Å². The first kappa shape index (κ1) is 22.0.